The molecule has 1 saturated carbocycles. The van der Waals surface area contributed by atoms with Gasteiger partial charge in [0.15, 0.2) is 5.96 Å². The zero-order valence-electron chi connectivity index (χ0n) is 11.8. The highest BCUT2D eigenvalue weighted by Crippen LogP contribution is 2.20. The van der Waals surface area contributed by atoms with Crippen LogP contribution in [0.3, 0.4) is 0 Å². The van der Waals surface area contributed by atoms with Crippen LogP contribution in [0.2, 0.25) is 0 Å². The lowest BCUT2D eigenvalue weighted by molar-refractivity contribution is 0.336. The van der Waals surface area contributed by atoms with E-state index in [0.29, 0.717) is 19.2 Å². The Kier molecular flexibility index (Phi) is 5.07. The van der Waals surface area contributed by atoms with Crippen molar-refractivity contribution in [1.29, 1.82) is 0 Å². The first-order valence-corrected chi connectivity index (χ1v) is 7.09. The minimum absolute atomic E-state index is 0.611. The van der Waals surface area contributed by atoms with Crippen molar-refractivity contribution in [1.82, 2.24) is 10.6 Å². The highest BCUT2D eigenvalue weighted by Gasteiger charge is 2.22. The Morgan fingerprint density at radius 3 is 2.79 bits per heavy atom. The van der Waals surface area contributed by atoms with Gasteiger partial charge in [-0.1, -0.05) is 18.2 Å². The second kappa shape index (κ2) is 7.02. The van der Waals surface area contributed by atoms with E-state index in [4.69, 9.17) is 4.74 Å². The van der Waals surface area contributed by atoms with Gasteiger partial charge in [-0.15, -0.1) is 0 Å². The first-order chi connectivity index (χ1) is 9.33. The third-order valence-corrected chi connectivity index (χ3v) is 2.94. The van der Waals surface area contributed by atoms with E-state index in [1.54, 1.807) is 0 Å². The summed E-state index contributed by atoms with van der Waals surface area (Å²) in [6, 6.07) is 8.69. The van der Waals surface area contributed by atoms with Crippen molar-refractivity contribution >= 4 is 5.96 Å². The molecule has 0 amide bonds. The number of hydrogen-bond donors (Lipinski definition) is 2. The van der Waals surface area contributed by atoms with E-state index >= 15 is 0 Å². The molecule has 0 unspecified atom stereocenters. The van der Waals surface area contributed by atoms with Crippen molar-refractivity contribution in [2.45, 2.75) is 39.3 Å². The van der Waals surface area contributed by atoms with Crippen LogP contribution in [-0.2, 0) is 6.54 Å². The molecule has 2 N–H and O–H groups in total. The second-order valence-electron chi connectivity index (χ2n) is 4.65. The lowest BCUT2D eigenvalue weighted by Gasteiger charge is -2.11. The number of rotatable bonds is 6. The maximum absolute atomic E-state index is 5.61. The molecule has 0 atom stereocenters. The van der Waals surface area contributed by atoms with Crippen molar-refractivity contribution in [2.24, 2.45) is 4.99 Å². The van der Waals surface area contributed by atoms with Crippen molar-refractivity contribution in [3.05, 3.63) is 29.8 Å². The van der Waals surface area contributed by atoms with Crippen LogP contribution in [0, 0.1) is 0 Å². The van der Waals surface area contributed by atoms with Crippen molar-refractivity contribution in [3.8, 4) is 5.75 Å². The van der Waals surface area contributed by atoms with E-state index in [1.165, 1.54) is 12.8 Å². The van der Waals surface area contributed by atoms with Gasteiger partial charge in [0.2, 0.25) is 0 Å². The monoisotopic (exact) mass is 261 g/mol. The van der Waals surface area contributed by atoms with Gasteiger partial charge < -0.3 is 15.4 Å². The van der Waals surface area contributed by atoms with Crippen LogP contribution in [0.1, 0.15) is 32.3 Å². The Morgan fingerprint density at radius 2 is 2.11 bits per heavy atom. The van der Waals surface area contributed by atoms with Gasteiger partial charge in [-0.25, -0.2) is 4.99 Å². The van der Waals surface area contributed by atoms with E-state index < -0.39 is 0 Å². The molecule has 1 aromatic carbocycles. The molecular formula is C15H23N3O. The lowest BCUT2D eigenvalue weighted by Crippen LogP contribution is -2.38. The van der Waals surface area contributed by atoms with E-state index in [1.807, 2.05) is 25.1 Å². The topological polar surface area (TPSA) is 45.7 Å². The van der Waals surface area contributed by atoms with E-state index in [0.717, 1.165) is 23.8 Å². The van der Waals surface area contributed by atoms with Gasteiger partial charge in [0.1, 0.15) is 5.75 Å². The third kappa shape index (κ3) is 4.47. The fourth-order valence-corrected chi connectivity index (χ4v) is 1.84. The molecule has 104 valence electrons. The number of benzene rings is 1. The summed E-state index contributed by atoms with van der Waals surface area (Å²) in [7, 11) is 0. The summed E-state index contributed by atoms with van der Waals surface area (Å²) in [4.78, 5) is 4.62. The summed E-state index contributed by atoms with van der Waals surface area (Å²) < 4.78 is 5.61. The number of guanidine groups is 1. The Bertz CT molecular complexity index is 427. The fraction of sp³-hybridized carbons (Fsp3) is 0.533. The summed E-state index contributed by atoms with van der Waals surface area (Å²) in [6.45, 7) is 6.28. The smallest absolute Gasteiger partial charge is 0.191 e. The molecule has 0 aliphatic heterocycles. The highest BCUT2D eigenvalue weighted by molar-refractivity contribution is 5.80. The number of nitrogens with zero attached hydrogens (tertiary/aromatic N) is 1. The maximum atomic E-state index is 5.61. The molecule has 0 bridgehead atoms. The predicted octanol–water partition coefficient (Wildman–Crippen LogP) is 2.30. The van der Waals surface area contributed by atoms with Crippen molar-refractivity contribution in [2.75, 3.05) is 13.2 Å². The molecule has 1 aromatic rings. The molecule has 0 radical (unpaired) electrons. The molecule has 2 rings (SSSR count). The van der Waals surface area contributed by atoms with Gasteiger partial charge in [0.05, 0.1) is 13.2 Å². The Hall–Kier alpha value is -1.71. The van der Waals surface area contributed by atoms with Crippen LogP contribution in [0.5, 0.6) is 5.75 Å². The van der Waals surface area contributed by atoms with Gasteiger partial charge in [-0.3, -0.25) is 0 Å². The minimum atomic E-state index is 0.611. The zero-order chi connectivity index (χ0) is 13.5. The van der Waals surface area contributed by atoms with E-state index in [2.05, 4.69) is 28.6 Å². The normalized spacial score (nSPS) is 15.2. The van der Waals surface area contributed by atoms with Gasteiger partial charge in [-0.2, -0.15) is 0 Å². The summed E-state index contributed by atoms with van der Waals surface area (Å²) in [6.07, 6.45) is 2.50. The summed E-state index contributed by atoms with van der Waals surface area (Å²) >= 11 is 0. The van der Waals surface area contributed by atoms with Crippen LogP contribution in [-0.4, -0.2) is 25.2 Å². The standard InChI is InChI=1S/C15H23N3O/c1-3-16-15(18-13-9-10-13)17-11-12-7-5-6-8-14(12)19-4-2/h5-8,13H,3-4,9-11H2,1-2H3,(H2,16,17,18). The van der Waals surface area contributed by atoms with Crippen LogP contribution in [0.15, 0.2) is 29.3 Å². The van der Waals surface area contributed by atoms with Crippen LogP contribution < -0.4 is 15.4 Å². The first-order valence-electron chi connectivity index (χ1n) is 7.09. The minimum Gasteiger partial charge on any atom is -0.494 e. The average Bonchev–Trinajstić information content (AvgIpc) is 3.22. The van der Waals surface area contributed by atoms with Gasteiger partial charge in [-0.05, 0) is 32.8 Å². The number of para-hydroxylation sites is 1. The van der Waals surface area contributed by atoms with Gasteiger partial charge in [0.25, 0.3) is 0 Å². The first kappa shape index (κ1) is 13.7. The molecule has 1 aliphatic rings. The lowest BCUT2D eigenvalue weighted by atomic mass is 10.2. The second-order valence-corrected chi connectivity index (χ2v) is 4.65. The molecular weight excluding hydrogens is 238 g/mol. The summed E-state index contributed by atoms with van der Waals surface area (Å²) in [5.74, 6) is 1.83. The number of aliphatic imine (C=N–C) groups is 1. The number of hydrogen-bond acceptors (Lipinski definition) is 2. The Morgan fingerprint density at radius 1 is 1.32 bits per heavy atom. The average molecular weight is 261 g/mol. The molecule has 4 heteroatoms. The van der Waals surface area contributed by atoms with E-state index in [9.17, 15) is 0 Å². The molecule has 0 heterocycles. The molecule has 1 fully saturated rings. The fourth-order valence-electron chi connectivity index (χ4n) is 1.84. The Labute approximate surface area is 115 Å². The van der Waals surface area contributed by atoms with Crippen LogP contribution in [0.4, 0.5) is 0 Å². The molecule has 4 nitrogen and oxygen atoms in total. The molecule has 0 aromatic heterocycles. The quantitative estimate of drug-likeness (QED) is 0.610. The van der Waals surface area contributed by atoms with Gasteiger partial charge in [0, 0.05) is 18.2 Å². The highest BCUT2D eigenvalue weighted by atomic mass is 16.5. The van der Waals surface area contributed by atoms with Gasteiger partial charge >= 0.3 is 0 Å². The largest absolute Gasteiger partial charge is 0.494 e. The molecule has 0 spiro atoms. The zero-order valence-corrected chi connectivity index (χ0v) is 11.8. The van der Waals surface area contributed by atoms with Crippen LogP contribution in [0.25, 0.3) is 0 Å². The van der Waals surface area contributed by atoms with Crippen molar-refractivity contribution < 1.29 is 4.74 Å². The number of nitrogens with one attached hydrogen (secondary N) is 2. The van der Waals surface area contributed by atoms with Crippen molar-refractivity contribution in [3.63, 3.8) is 0 Å². The summed E-state index contributed by atoms with van der Waals surface area (Å²) in [5.41, 5.74) is 1.12. The molecule has 1 aliphatic carbocycles. The molecule has 19 heavy (non-hydrogen) atoms. The molecule has 0 saturated heterocycles. The predicted molar refractivity (Wildman–Crippen MR) is 78.6 cm³/mol. The maximum Gasteiger partial charge on any atom is 0.191 e. The SMILES string of the molecule is CCNC(=NCc1ccccc1OCC)NC1CC1. The van der Waals surface area contributed by atoms with Crippen LogP contribution >= 0.6 is 0 Å². The summed E-state index contributed by atoms with van der Waals surface area (Å²) in [5, 5.41) is 6.69. The van der Waals surface area contributed by atoms with E-state index in [-0.39, 0.29) is 0 Å². The number of ether oxygens (including phenoxy) is 1. The Balaban J connectivity index is 2.01. The third-order valence-electron chi connectivity index (χ3n) is 2.94.